The Morgan fingerprint density at radius 1 is 0.963 bits per heavy atom. The highest BCUT2D eigenvalue weighted by atomic mass is 16.7. The number of aromatic hydroxyl groups is 2. The van der Waals surface area contributed by atoms with E-state index in [1.54, 1.807) is 42.5 Å². The highest BCUT2D eigenvalue weighted by Crippen LogP contribution is 2.28. The molecule has 7 heteroatoms. The second-order valence-electron chi connectivity index (χ2n) is 6.41. The SMILES string of the molecule is OC[C@@H]1C[C@H](O)[C@@H](O)[C@H](Oc2cc(O)cc(/C=C/c3ccc(O)cc3)c2)O1. The van der Waals surface area contributed by atoms with E-state index in [0.29, 0.717) is 5.56 Å². The van der Waals surface area contributed by atoms with Crippen molar-refractivity contribution in [3.8, 4) is 17.2 Å². The number of phenols is 2. The molecule has 5 N–H and O–H groups in total. The summed E-state index contributed by atoms with van der Waals surface area (Å²) < 4.78 is 11.0. The van der Waals surface area contributed by atoms with Crippen molar-refractivity contribution >= 4 is 12.2 Å². The Labute approximate surface area is 156 Å². The van der Waals surface area contributed by atoms with Crippen LogP contribution in [-0.2, 0) is 4.74 Å². The van der Waals surface area contributed by atoms with Crippen LogP contribution in [-0.4, -0.2) is 56.7 Å². The Kier molecular flexibility index (Phi) is 5.98. The summed E-state index contributed by atoms with van der Waals surface area (Å²) in [6, 6.07) is 11.2. The van der Waals surface area contributed by atoms with E-state index in [2.05, 4.69) is 0 Å². The summed E-state index contributed by atoms with van der Waals surface area (Å²) in [5.74, 6) is 0.382. The molecule has 1 aliphatic heterocycles. The van der Waals surface area contributed by atoms with Gasteiger partial charge >= 0.3 is 0 Å². The van der Waals surface area contributed by atoms with Crippen LogP contribution in [0.15, 0.2) is 42.5 Å². The van der Waals surface area contributed by atoms with Crippen LogP contribution < -0.4 is 4.74 Å². The van der Waals surface area contributed by atoms with Crippen LogP contribution in [0.3, 0.4) is 0 Å². The summed E-state index contributed by atoms with van der Waals surface area (Å²) in [7, 11) is 0. The Hall–Kier alpha value is -2.58. The van der Waals surface area contributed by atoms with Crippen molar-refractivity contribution < 1.29 is 35.0 Å². The molecule has 7 nitrogen and oxygen atoms in total. The zero-order valence-electron chi connectivity index (χ0n) is 14.5. The van der Waals surface area contributed by atoms with Crippen LogP contribution in [0.2, 0.25) is 0 Å². The lowest BCUT2D eigenvalue weighted by Gasteiger charge is -2.36. The van der Waals surface area contributed by atoms with Crippen molar-refractivity contribution in [3.05, 3.63) is 53.6 Å². The van der Waals surface area contributed by atoms with Crippen LogP contribution in [0, 0.1) is 0 Å². The van der Waals surface area contributed by atoms with E-state index in [1.165, 1.54) is 12.1 Å². The van der Waals surface area contributed by atoms with Gasteiger partial charge in [-0.15, -0.1) is 0 Å². The van der Waals surface area contributed by atoms with Crippen LogP contribution in [0.1, 0.15) is 17.5 Å². The van der Waals surface area contributed by atoms with Crippen LogP contribution in [0.5, 0.6) is 17.2 Å². The first-order valence-corrected chi connectivity index (χ1v) is 8.55. The highest BCUT2D eigenvalue weighted by molar-refractivity contribution is 5.71. The van der Waals surface area contributed by atoms with Gasteiger partial charge < -0.3 is 35.0 Å². The first-order valence-electron chi connectivity index (χ1n) is 8.55. The number of hydrogen-bond donors (Lipinski definition) is 5. The largest absolute Gasteiger partial charge is 0.508 e. The van der Waals surface area contributed by atoms with Crippen LogP contribution >= 0.6 is 0 Å². The number of phenolic OH excluding ortho intramolecular Hbond substituents is 2. The van der Waals surface area contributed by atoms with E-state index in [9.17, 15) is 25.5 Å². The third kappa shape index (κ3) is 4.99. The van der Waals surface area contributed by atoms with Gasteiger partial charge in [-0.05, 0) is 35.4 Å². The molecule has 0 saturated carbocycles. The van der Waals surface area contributed by atoms with Crippen molar-refractivity contribution in [1.82, 2.24) is 0 Å². The number of rotatable bonds is 5. The first kappa shape index (κ1) is 19.2. The molecule has 4 atom stereocenters. The van der Waals surface area contributed by atoms with E-state index in [-0.39, 0.29) is 30.3 Å². The Morgan fingerprint density at radius 3 is 2.37 bits per heavy atom. The molecule has 1 heterocycles. The maximum absolute atomic E-state index is 10.0. The lowest BCUT2D eigenvalue weighted by molar-refractivity contribution is -0.240. The molecule has 144 valence electrons. The second kappa shape index (κ2) is 8.41. The molecule has 0 unspecified atom stereocenters. The number of hydrogen-bond acceptors (Lipinski definition) is 7. The van der Waals surface area contributed by atoms with Crippen molar-refractivity contribution in [2.45, 2.75) is 31.0 Å². The van der Waals surface area contributed by atoms with Crippen LogP contribution in [0.4, 0.5) is 0 Å². The molecule has 0 spiro atoms. The van der Waals surface area contributed by atoms with E-state index < -0.39 is 24.6 Å². The molecule has 1 fully saturated rings. The quantitative estimate of drug-likeness (QED) is 0.503. The summed E-state index contributed by atoms with van der Waals surface area (Å²) in [6.45, 7) is -0.301. The fourth-order valence-electron chi connectivity index (χ4n) is 2.81. The smallest absolute Gasteiger partial charge is 0.229 e. The number of aliphatic hydroxyl groups excluding tert-OH is 3. The average Bonchev–Trinajstić information content (AvgIpc) is 2.64. The second-order valence-corrected chi connectivity index (χ2v) is 6.41. The molecule has 27 heavy (non-hydrogen) atoms. The van der Waals surface area contributed by atoms with Gasteiger partial charge in [-0.3, -0.25) is 0 Å². The molecule has 3 rings (SSSR count). The maximum atomic E-state index is 10.0. The lowest BCUT2D eigenvalue weighted by atomic mass is 10.0. The van der Waals surface area contributed by atoms with Crippen molar-refractivity contribution in [3.63, 3.8) is 0 Å². The molecule has 0 aromatic heterocycles. The predicted octanol–water partition coefficient (Wildman–Crippen LogP) is 1.48. The Bertz CT molecular complexity index is 787. The molecule has 0 amide bonds. The number of benzene rings is 2. The van der Waals surface area contributed by atoms with Gasteiger partial charge in [0.25, 0.3) is 0 Å². The van der Waals surface area contributed by atoms with Crippen molar-refractivity contribution in [2.24, 2.45) is 0 Å². The molecule has 0 bridgehead atoms. The van der Waals surface area contributed by atoms with Crippen molar-refractivity contribution in [1.29, 1.82) is 0 Å². The van der Waals surface area contributed by atoms with Gasteiger partial charge in [0.15, 0.2) is 0 Å². The van der Waals surface area contributed by atoms with Gasteiger partial charge in [0.1, 0.15) is 23.4 Å². The molecular weight excluding hydrogens is 352 g/mol. The fourth-order valence-corrected chi connectivity index (χ4v) is 2.81. The van der Waals surface area contributed by atoms with Gasteiger partial charge in [-0.1, -0.05) is 24.3 Å². The first-order chi connectivity index (χ1) is 12.9. The van der Waals surface area contributed by atoms with E-state index >= 15 is 0 Å². The standard InChI is InChI=1S/C20H22O7/c21-11-17-10-18(24)19(25)20(27-17)26-16-8-13(7-15(23)9-16)2-1-12-3-5-14(22)6-4-12/h1-9,17-25H,10-11H2/b2-1+/t17-,18-,19+,20+/m0/s1. The highest BCUT2D eigenvalue weighted by Gasteiger charge is 2.38. The molecule has 1 aliphatic rings. The zero-order valence-corrected chi connectivity index (χ0v) is 14.5. The van der Waals surface area contributed by atoms with Crippen LogP contribution in [0.25, 0.3) is 12.2 Å². The minimum absolute atomic E-state index is 0.0394. The van der Waals surface area contributed by atoms with Crippen molar-refractivity contribution in [2.75, 3.05) is 6.61 Å². The topological polar surface area (TPSA) is 120 Å². The average molecular weight is 374 g/mol. The summed E-state index contributed by atoms with van der Waals surface area (Å²) in [4.78, 5) is 0. The minimum Gasteiger partial charge on any atom is -0.508 e. The third-order valence-corrected chi connectivity index (χ3v) is 4.23. The van der Waals surface area contributed by atoms with Gasteiger partial charge in [0.2, 0.25) is 6.29 Å². The van der Waals surface area contributed by atoms with E-state index in [1.807, 2.05) is 0 Å². The molecule has 0 radical (unpaired) electrons. The van der Waals surface area contributed by atoms with Gasteiger partial charge in [0.05, 0.1) is 18.8 Å². The summed E-state index contributed by atoms with van der Waals surface area (Å²) >= 11 is 0. The predicted molar refractivity (Wildman–Crippen MR) is 98.1 cm³/mol. The minimum atomic E-state index is -1.27. The molecule has 2 aromatic carbocycles. The zero-order chi connectivity index (χ0) is 19.4. The fraction of sp³-hybridized carbons (Fsp3) is 0.300. The number of aliphatic hydroxyl groups is 3. The molecule has 0 aliphatic carbocycles. The summed E-state index contributed by atoms with van der Waals surface area (Å²) in [5.41, 5.74) is 1.50. The normalized spacial score (nSPS) is 25.6. The Morgan fingerprint density at radius 2 is 1.67 bits per heavy atom. The monoisotopic (exact) mass is 374 g/mol. The third-order valence-electron chi connectivity index (χ3n) is 4.23. The molecule has 2 aromatic rings. The summed E-state index contributed by atoms with van der Waals surface area (Å²) in [5, 5.41) is 48.4. The van der Waals surface area contributed by atoms with E-state index in [4.69, 9.17) is 9.47 Å². The lowest BCUT2D eigenvalue weighted by Crippen LogP contribution is -2.51. The van der Waals surface area contributed by atoms with Gasteiger partial charge in [0, 0.05) is 12.5 Å². The summed E-state index contributed by atoms with van der Waals surface area (Å²) in [6.07, 6.45) is -0.490. The molecular formula is C20H22O7. The van der Waals surface area contributed by atoms with Gasteiger partial charge in [-0.25, -0.2) is 0 Å². The maximum Gasteiger partial charge on any atom is 0.229 e. The number of ether oxygens (including phenoxy) is 2. The molecule has 1 saturated heterocycles. The van der Waals surface area contributed by atoms with Gasteiger partial charge in [-0.2, -0.15) is 0 Å². The van der Waals surface area contributed by atoms with E-state index in [0.717, 1.165) is 5.56 Å². The Balaban J connectivity index is 1.75.